The molecule has 360 valence electrons. The average molecular weight is 906 g/mol. The van der Waals surface area contributed by atoms with Crippen molar-refractivity contribution in [1.82, 2.24) is 26.2 Å². The lowest BCUT2D eigenvalue weighted by Crippen LogP contribution is -2.55. The molecule has 2 rings (SSSR count). The van der Waals surface area contributed by atoms with Gasteiger partial charge in [0, 0.05) is 50.8 Å². The number of nitrogens with one attached hydrogen (secondary N) is 5. The number of nitrogens with zero attached hydrogens (tertiary/aromatic N) is 1. The zero-order valence-corrected chi connectivity index (χ0v) is 38.5. The number of primary amides is 1. The Bertz CT molecular complexity index is 1670. The molecule has 3 atom stereocenters. The lowest BCUT2D eigenvalue weighted by molar-refractivity contribution is -0.152. The highest BCUT2D eigenvalue weighted by Gasteiger charge is 2.29. The van der Waals surface area contributed by atoms with Crippen molar-refractivity contribution in [1.29, 1.82) is 0 Å². The number of amides is 7. The van der Waals surface area contributed by atoms with E-state index in [0.717, 1.165) is 4.90 Å². The fraction of sp³-hybridized carbons (Fsp3) is 0.659. The number of hydrogen-bond acceptors (Lipinski definition) is 14. The maximum atomic E-state index is 13.5. The summed E-state index contributed by atoms with van der Waals surface area (Å²) in [6.45, 7) is 14.7. The fourth-order valence-corrected chi connectivity index (χ4v) is 6.11. The molecule has 1 aliphatic heterocycles. The summed E-state index contributed by atoms with van der Waals surface area (Å²) in [7, 11) is 0. The Labute approximate surface area is 376 Å². The molecule has 0 saturated carbocycles. The van der Waals surface area contributed by atoms with Crippen LogP contribution in [0.3, 0.4) is 0 Å². The van der Waals surface area contributed by atoms with Gasteiger partial charge in [-0.05, 0) is 83.4 Å². The second-order valence-electron chi connectivity index (χ2n) is 17.0. The Morgan fingerprint density at radius 3 is 2.11 bits per heavy atom. The molecule has 1 aliphatic rings. The number of unbranched alkanes of at least 4 members (excludes halogenated alkanes) is 2. The molecule has 3 unspecified atom stereocenters. The molecule has 0 fully saturated rings. The first-order valence-electron chi connectivity index (χ1n) is 21.8. The molecule has 0 spiro atoms. The van der Waals surface area contributed by atoms with Crippen molar-refractivity contribution in [3.8, 4) is 0 Å². The van der Waals surface area contributed by atoms with Crippen LogP contribution in [0.2, 0.25) is 0 Å². The van der Waals surface area contributed by atoms with Gasteiger partial charge in [0.25, 0.3) is 11.8 Å². The van der Waals surface area contributed by atoms with Gasteiger partial charge in [-0.1, -0.05) is 32.4 Å². The monoisotopic (exact) mass is 906 g/mol. The van der Waals surface area contributed by atoms with E-state index in [4.69, 9.17) is 29.4 Å². The van der Waals surface area contributed by atoms with Crippen LogP contribution in [0.1, 0.15) is 99.0 Å². The minimum absolute atomic E-state index is 0.0186. The number of ether oxygens (including phenoxy) is 5. The van der Waals surface area contributed by atoms with Gasteiger partial charge in [0.2, 0.25) is 11.8 Å². The maximum absolute atomic E-state index is 13.5. The van der Waals surface area contributed by atoms with Crippen molar-refractivity contribution >= 4 is 47.4 Å². The van der Waals surface area contributed by atoms with Gasteiger partial charge in [-0.3, -0.25) is 28.9 Å². The Kier molecular flexibility index (Phi) is 24.4. The molecule has 0 aliphatic carbocycles. The van der Waals surface area contributed by atoms with Crippen molar-refractivity contribution in [2.24, 2.45) is 11.7 Å². The maximum Gasteiger partial charge on any atom is 0.407 e. The number of aliphatic hydroxyl groups is 1. The zero-order valence-electron chi connectivity index (χ0n) is 38.5. The van der Waals surface area contributed by atoms with E-state index in [1.165, 1.54) is 19.1 Å². The Morgan fingerprint density at radius 1 is 0.797 bits per heavy atom. The molecule has 0 bridgehead atoms. The van der Waals surface area contributed by atoms with Crippen molar-refractivity contribution in [2.75, 3.05) is 58.0 Å². The fourth-order valence-electron chi connectivity index (χ4n) is 6.11. The SMILES string of the molecule is CC(=O)OCC(C)(C)OCCC(C)(C)OCCOCCNC(=O)OCc1ccc(NC(O)C(CCCNC(N)=O)NC(=O)C(NC(=O)CCCCCN2C(=O)C=CC2=O)C(C)C)cc1. The number of rotatable bonds is 32. The number of imide groups is 1. The summed E-state index contributed by atoms with van der Waals surface area (Å²) in [5.74, 6) is -2.18. The van der Waals surface area contributed by atoms with Crippen LogP contribution in [0.15, 0.2) is 36.4 Å². The Balaban J connectivity index is 1.76. The third-order valence-corrected chi connectivity index (χ3v) is 9.85. The second kappa shape index (κ2) is 28.5. The van der Waals surface area contributed by atoms with Crippen LogP contribution in [0.5, 0.6) is 0 Å². The molecule has 0 radical (unpaired) electrons. The van der Waals surface area contributed by atoms with E-state index < -0.39 is 47.5 Å². The zero-order chi connectivity index (χ0) is 47.7. The van der Waals surface area contributed by atoms with E-state index in [9.17, 15) is 38.7 Å². The number of benzene rings is 1. The van der Waals surface area contributed by atoms with Gasteiger partial charge >= 0.3 is 18.1 Å². The van der Waals surface area contributed by atoms with Crippen LogP contribution in [-0.4, -0.2) is 134 Å². The second-order valence-corrected chi connectivity index (χ2v) is 17.0. The quantitative estimate of drug-likeness (QED) is 0.0237. The molecule has 0 aromatic heterocycles. The lowest BCUT2D eigenvalue weighted by atomic mass is 10.0. The van der Waals surface area contributed by atoms with E-state index in [1.807, 2.05) is 27.7 Å². The number of nitrogens with two attached hydrogens (primary N) is 1. The number of carbonyl (C=O) groups excluding carboxylic acids is 7. The highest BCUT2D eigenvalue weighted by atomic mass is 16.6. The normalized spacial score (nSPS) is 14.2. The summed E-state index contributed by atoms with van der Waals surface area (Å²) in [4.78, 5) is 85.5. The minimum atomic E-state index is -1.28. The topological polar surface area (TPSA) is 275 Å². The van der Waals surface area contributed by atoms with E-state index in [2.05, 4.69) is 26.6 Å². The first kappa shape index (κ1) is 54.8. The first-order chi connectivity index (χ1) is 30.2. The van der Waals surface area contributed by atoms with Gasteiger partial charge in [-0.2, -0.15) is 0 Å². The first-order valence-corrected chi connectivity index (χ1v) is 21.8. The van der Waals surface area contributed by atoms with Gasteiger partial charge in [0.15, 0.2) is 0 Å². The van der Waals surface area contributed by atoms with Crippen LogP contribution >= 0.6 is 0 Å². The van der Waals surface area contributed by atoms with Crippen molar-refractivity contribution < 1.29 is 62.4 Å². The van der Waals surface area contributed by atoms with E-state index in [1.54, 1.807) is 38.1 Å². The highest BCUT2D eigenvalue weighted by molar-refractivity contribution is 6.12. The van der Waals surface area contributed by atoms with Crippen LogP contribution in [-0.2, 0) is 54.3 Å². The van der Waals surface area contributed by atoms with Gasteiger partial charge in [0.05, 0.1) is 43.7 Å². The third-order valence-electron chi connectivity index (χ3n) is 9.85. The van der Waals surface area contributed by atoms with Crippen molar-refractivity contribution in [3.63, 3.8) is 0 Å². The molecule has 20 nitrogen and oxygen atoms in total. The summed E-state index contributed by atoms with van der Waals surface area (Å²) in [6.07, 6.45) is 3.55. The number of anilines is 1. The number of esters is 1. The van der Waals surface area contributed by atoms with Crippen molar-refractivity contribution in [3.05, 3.63) is 42.0 Å². The van der Waals surface area contributed by atoms with E-state index >= 15 is 0 Å². The summed E-state index contributed by atoms with van der Waals surface area (Å²) >= 11 is 0. The van der Waals surface area contributed by atoms with Gasteiger partial charge in [-0.15, -0.1) is 0 Å². The smallest absolute Gasteiger partial charge is 0.407 e. The van der Waals surface area contributed by atoms with Gasteiger partial charge in [-0.25, -0.2) is 9.59 Å². The van der Waals surface area contributed by atoms with Gasteiger partial charge < -0.3 is 61.1 Å². The van der Waals surface area contributed by atoms with Crippen LogP contribution in [0.4, 0.5) is 15.3 Å². The van der Waals surface area contributed by atoms with Crippen LogP contribution < -0.4 is 32.3 Å². The van der Waals surface area contributed by atoms with E-state index in [0.29, 0.717) is 63.2 Å². The Hall–Kier alpha value is -5.31. The predicted octanol–water partition coefficient (Wildman–Crippen LogP) is 2.76. The number of aliphatic hydroxyl groups excluding tert-OH is 1. The summed E-state index contributed by atoms with van der Waals surface area (Å²) < 4.78 is 27.7. The molecule has 64 heavy (non-hydrogen) atoms. The predicted molar refractivity (Wildman–Crippen MR) is 236 cm³/mol. The average Bonchev–Trinajstić information content (AvgIpc) is 3.54. The minimum Gasteiger partial charge on any atom is -0.463 e. The summed E-state index contributed by atoms with van der Waals surface area (Å²) in [5.41, 5.74) is 5.31. The molecule has 8 N–H and O–H groups in total. The lowest BCUT2D eigenvalue weighted by Gasteiger charge is -2.29. The summed E-state index contributed by atoms with van der Waals surface area (Å²) in [5, 5.41) is 25.0. The molecule has 20 heteroatoms. The standard InChI is InChI=1S/C44H71N7O13/c1-30(2)38(50-35(53)13-9-8-10-23-51-36(54)18-19-37(51)55)40(57)49-34(12-11-21-46-41(45)58)39(56)48-33-16-14-32(15-17-33)28-61-42(59)47-22-25-60-26-27-64-43(4,5)20-24-63-44(6,7)29-62-31(3)52/h14-19,30,34,38-39,48,56H,8-13,20-29H2,1-7H3,(H,47,59)(H,49,57)(H,50,53)(H3,45,46,58). The molecule has 0 saturated heterocycles. The molecule has 1 heterocycles. The molecule has 1 aromatic carbocycles. The molecule has 1 aromatic rings. The van der Waals surface area contributed by atoms with Gasteiger partial charge in [0.1, 0.15) is 25.5 Å². The highest BCUT2D eigenvalue weighted by Crippen LogP contribution is 2.19. The number of urea groups is 1. The molecule has 7 amide bonds. The Morgan fingerprint density at radius 2 is 1.47 bits per heavy atom. The van der Waals surface area contributed by atoms with Crippen LogP contribution in [0, 0.1) is 5.92 Å². The third kappa shape index (κ3) is 23.4. The molecular weight excluding hydrogens is 835 g/mol. The number of carbonyl (C=O) groups is 7. The number of hydrogen-bond donors (Lipinski definition) is 7. The largest absolute Gasteiger partial charge is 0.463 e. The number of alkyl carbamates (subject to hydrolysis) is 1. The summed E-state index contributed by atoms with van der Waals surface area (Å²) in [6, 6.07) is 4.32. The van der Waals surface area contributed by atoms with Crippen LogP contribution in [0.25, 0.3) is 0 Å². The van der Waals surface area contributed by atoms with E-state index in [-0.39, 0.29) is 81.9 Å². The molecular formula is C44H71N7O13. The van der Waals surface area contributed by atoms with Crippen molar-refractivity contribution in [2.45, 2.75) is 130 Å².